The Hall–Kier alpha value is -0.950. The molecule has 1 unspecified atom stereocenters. The first-order valence-electron chi connectivity index (χ1n) is 3.48. The molecule has 0 radical (unpaired) electrons. The Bertz CT molecular complexity index is 239. The molecule has 0 aromatic rings. The van der Waals surface area contributed by atoms with Gasteiger partial charge in [-0.2, -0.15) is 0 Å². The minimum Gasteiger partial charge on any atom is -0.258 e. The smallest absolute Gasteiger partial charge is 0.258 e. The molecule has 0 aliphatic rings. The Morgan fingerprint density at radius 1 is 1.67 bits per heavy atom. The van der Waals surface area contributed by atoms with E-state index in [1.807, 2.05) is 13.0 Å². The van der Waals surface area contributed by atoms with Gasteiger partial charge in [0.15, 0.2) is 0 Å². The lowest BCUT2D eigenvalue weighted by Crippen LogP contribution is -1.92. The second kappa shape index (κ2) is 5.67. The fourth-order valence-corrected chi connectivity index (χ4v) is 0.918. The summed E-state index contributed by atoms with van der Waals surface area (Å²) in [4.78, 5) is 9.61. The molecule has 0 aliphatic heterocycles. The standard InChI is InChI=1S/C8H12NO2P/c1-3-8(6-12)5-4-7(2)9(10)11/h3-5H,2,6,12H2,1H3/b5-4-,8-3+. The first kappa shape index (κ1) is 11.1. The number of allylic oxidation sites excluding steroid dienone is 4. The number of hydrogen-bond donors (Lipinski definition) is 0. The molecule has 3 nitrogen and oxygen atoms in total. The van der Waals surface area contributed by atoms with E-state index in [1.165, 1.54) is 6.08 Å². The fourth-order valence-electron chi connectivity index (χ4n) is 0.546. The van der Waals surface area contributed by atoms with Crippen LogP contribution >= 0.6 is 9.24 Å². The zero-order valence-electron chi connectivity index (χ0n) is 6.99. The maximum atomic E-state index is 10.1. The summed E-state index contributed by atoms with van der Waals surface area (Å²) < 4.78 is 0. The van der Waals surface area contributed by atoms with E-state index in [9.17, 15) is 10.1 Å². The zero-order chi connectivity index (χ0) is 9.56. The van der Waals surface area contributed by atoms with Gasteiger partial charge in [-0.15, -0.1) is 9.24 Å². The van der Waals surface area contributed by atoms with Crippen molar-refractivity contribution >= 4 is 9.24 Å². The molecule has 66 valence electrons. The van der Waals surface area contributed by atoms with Gasteiger partial charge in [0.25, 0.3) is 5.70 Å². The summed E-state index contributed by atoms with van der Waals surface area (Å²) >= 11 is 0. The Morgan fingerprint density at radius 3 is 2.58 bits per heavy atom. The van der Waals surface area contributed by atoms with E-state index < -0.39 is 4.92 Å². The number of nitro groups is 1. The molecule has 0 saturated heterocycles. The first-order valence-corrected chi connectivity index (χ1v) is 4.30. The highest BCUT2D eigenvalue weighted by Gasteiger charge is 1.98. The van der Waals surface area contributed by atoms with E-state index in [2.05, 4.69) is 15.8 Å². The molecule has 0 amide bonds. The van der Waals surface area contributed by atoms with E-state index in [0.29, 0.717) is 0 Å². The molecule has 0 saturated carbocycles. The van der Waals surface area contributed by atoms with Crippen LogP contribution in [0.3, 0.4) is 0 Å². The highest BCUT2D eigenvalue weighted by molar-refractivity contribution is 7.16. The van der Waals surface area contributed by atoms with Crippen LogP contribution < -0.4 is 0 Å². The molecular formula is C8H12NO2P. The lowest BCUT2D eigenvalue weighted by atomic mass is 10.2. The zero-order valence-corrected chi connectivity index (χ0v) is 8.14. The van der Waals surface area contributed by atoms with E-state index in [0.717, 1.165) is 11.7 Å². The molecule has 0 N–H and O–H groups in total. The van der Waals surface area contributed by atoms with Gasteiger partial charge in [-0.1, -0.05) is 12.2 Å². The summed E-state index contributed by atoms with van der Waals surface area (Å²) in [6.07, 6.45) is 5.78. The molecule has 0 aromatic heterocycles. The van der Waals surface area contributed by atoms with Gasteiger partial charge < -0.3 is 0 Å². The predicted octanol–water partition coefficient (Wildman–Crippen LogP) is 2.15. The molecule has 0 bridgehead atoms. The van der Waals surface area contributed by atoms with Crippen LogP contribution in [0.5, 0.6) is 0 Å². The second-order valence-electron chi connectivity index (χ2n) is 2.15. The fraction of sp³-hybridized carbons (Fsp3) is 0.250. The van der Waals surface area contributed by atoms with E-state index in [1.54, 1.807) is 6.08 Å². The third-order valence-electron chi connectivity index (χ3n) is 1.33. The monoisotopic (exact) mass is 185 g/mol. The van der Waals surface area contributed by atoms with Gasteiger partial charge in [0.1, 0.15) is 0 Å². The van der Waals surface area contributed by atoms with Gasteiger partial charge >= 0.3 is 0 Å². The van der Waals surface area contributed by atoms with Gasteiger partial charge in [-0.25, -0.2) is 0 Å². The molecule has 0 rings (SSSR count). The van der Waals surface area contributed by atoms with Crippen LogP contribution in [-0.4, -0.2) is 11.1 Å². The molecule has 4 heteroatoms. The van der Waals surface area contributed by atoms with Crippen LogP contribution in [0.25, 0.3) is 0 Å². The molecule has 12 heavy (non-hydrogen) atoms. The van der Waals surface area contributed by atoms with Crippen molar-refractivity contribution in [1.82, 2.24) is 0 Å². The van der Waals surface area contributed by atoms with E-state index in [4.69, 9.17) is 0 Å². The van der Waals surface area contributed by atoms with Crippen molar-refractivity contribution in [3.8, 4) is 0 Å². The average molecular weight is 185 g/mol. The van der Waals surface area contributed by atoms with Crippen LogP contribution in [0.2, 0.25) is 0 Å². The van der Waals surface area contributed by atoms with Crippen molar-refractivity contribution in [2.24, 2.45) is 0 Å². The van der Waals surface area contributed by atoms with Crippen molar-refractivity contribution < 1.29 is 4.92 Å². The predicted molar refractivity (Wildman–Crippen MR) is 53.6 cm³/mol. The van der Waals surface area contributed by atoms with Crippen LogP contribution in [0.15, 0.2) is 36.1 Å². The Morgan fingerprint density at radius 2 is 2.25 bits per heavy atom. The van der Waals surface area contributed by atoms with Gasteiger partial charge in [0.05, 0.1) is 4.92 Å². The van der Waals surface area contributed by atoms with Crippen molar-refractivity contribution in [3.63, 3.8) is 0 Å². The van der Waals surface area contributed by atoms with Crippen LogP contribution in [0.1, 0.15) is 6.92 Å². The van der Waals surface area contributed by atoms with Crippen molar-refractivity contribution in [2.45, 2.75) is 6.92 Å². The summed E-state index contributed by atoms with van der Waals surface area (Å²) in [5.41, 5.74) is 0.941. The van der Waals surface area contributed by atoms with Gasteiger partial charge in [-0.05, 0) is 25.2 Å². The summed E-state index contributed by atoms with van der Waals surface area (Å²) in [5, 5.41) is 10.1. The normalized spacial score (nSPS) is 12.0. The third-order valence-corrected chi connectivity index (χ3v) is 1.80. The van der Waals surface area contributed by atoms with Crippen LogP contribution in [0, 0.1) is 10.1 Å². The lowest BCUT2D eigenvalue weighted by Gasteiger charge is -1.92. The van der Waals surface area contributed by atoms with Crippen LogP contribution in [0.4, 0.5) is 0 Å². The third kappa shape index (κ3) is 4.04. The minimum atomic E-state index is -0.507. The van der Waals surface area contributed by atoms with E-state index in [-0.39, 0.29) is 5.70 Å². The maximum absolute atomic E-state index is 10.1. The van der Waals surface area contributed by atoms with Crippen LogP contribution in [-0.2, 0) is 0 Å². The summed E-state index contributed by atoms with van der Waals surface area (Å²) in [7, 11) is 2.55. The molecule has 0 fully saturated rings. The first-order chi connectivity index (χ1) is 5.61. The number of rotatable bonds is 4. The summed E-state index contributed by atoms with van der Waals surface area (Å²) in [5.74, 6) is 0. The van der Waals surface area contributed by atoms with Gasteiger partial charge in [0.2, 0.25) is 0 Å². The Kier molecular flexibility index (Phi) is 5.22. The highest BCUT2D eigenvalue weighted by atomic mass is 31.0. The largest absolute Gasteiger partial charge is 0.262 e. The quantitative estimate of drug-likeness (QED) is 0.291. The minimum absolute atomic E-state index is 0.0900. The van der Waals surface area contributed by atoms with Gasteiger partial charge in [0, 0.05) is 6.08 Å². The topological polar surface area (TPSA) is 43.1 Å². The molecule has 0 aliphatic carbocycles. The molecule has 0 aromatic carbocycles. The number of hydrogen-bond acceptors (Lipinski definition) is 2. The van der Waals surface area contributed by atoms with Gasteiger partial charge in [-0.3, -0.25) is 10.1 Å². The molecule has 0 spiro atoms. The molecular weight excluding hydrogens is 173 g/mol. The Labute approximate surface area is 74.2 Å². The average Bonchev–Trinajstić information content (AvgIpc) is 2.05. The Balaban J connectivity index is 4.24. The van der Waals surface area contributed by atoms with Crippen molar-refractivity contribution in [3.05, 3.63) is 46.2 Å². The summed E-state index contributed by atoms with van der Waals surface area (Å²) in [6, 6.07) is 0. The molecule has 0 heterocycles. The van der Waals surface area contributed by atoms with Crippen molar-refractivity contribution in [2.75, 3.05) is 6.16 Å². The molecule has 1 atom stereocenters. The van der Waals surface area contributed by atoms with E-state index >= 15 is 0 Å². The second-order valence-corrected chi connectivity index (χ2v) is 2.56. The highest BCUT2D eigenvalue weighted by Crippen LogP contribution is 2.04. The summed E-state index contributed by atoms with van der Waals surface area (Å²) in [6.45, 7) is 5.16. The lowest BCUT2D eigenvalue weighted by molar-refractivity contribution is -0.418. The SMILES string of the molecule is C=C(/C=C\C(=C/C)CP)[N+](=O)[O-]. The maximum Gasteiger partial charge on any atom is 0.262 e. The number of nitrogens with zero attached hydrogens (tertiary/aromatic N) is 1. The van der Waals surface area contributed by atoms with Crippen molar-refractivity contribution in [1.29, 1.82) is 0 Å².